The molecule has 1 saturated heterocycles. The van der Waals surface area contributed by atoms with Crippen LogP contribution in [-0.4, -0.2) is 41.0 Å². The van der Waals surface area contributed by atoms with Gasteiger partial charge in [0.05, 0.1) is 11.1 Å². The third kappa shape index (κ3) is 3.54. The van der Waals surface area contributed by atoms with Crippen molar-refractivity contribution in [2.24, 2.45) is 0 Å². The number of benzene rings is 1. The predicted octanol–water partition coefficient (Wildman–Crippen LogP) is 1.91. The summed E-state index contributed by atoms with van der Waals surface area (Å²) in [6, 6.07) is 5.73. The van der Waals surface area contributed by atoms with Crippen LogP contribution in [0.3, 0.4) is 0 Å². The van der Waals surface area contributed by atoms with Gasteiger partial charge in [0.1, 0.15) is 5.82 Å². The number of carbonyl (C=O) groups is 1. The number of aromatic amines is 1. The highest BCUT2D eigenvalue weighted by Crippen LogP contribution is 2.19. The van der Waals surface area contributed by atoms with Crippen LogP contribution in [0.4, 0.5) is 4.39 Å². The van der Waals surface area contributed by atoms with Gasteiger partial charge in [0.15, 0.2) is 0 Å². The van der Waals surface area contributed by atoms with Crippen molar-refractivity contribution in [3.63, 3.8) is 0 Å². The lowest BCUT2D eigenvalue weighted by atomic mass is 10.1. The van der Waals surface area contributed by atoms with Gasteiger partial charge in [0, 0.05) is 36.6 Å². The van der Waals surface area contributed by atoms with Crippen LogP contribution in [-0.2, 0) is 0 Å². The summed E-state index contributed by atoms with van der Waals surface area (Å²) in [5.41, 5.74) is 0.254. The molecule has 0 bridgehead atoms. The first-order valence-electron chi connectivity index (χ1n) is 7.32. The van der Waals surface area contributed by atoms with Gasteiger partial charge in [-0.15, -0.1) is 12.4 Å². The number of fused-ring (bicyclic) bond motifs is 1. The van der Waals surface area contributed by atoms with Crippen LogP contribution in [0.2, 0.25) is 0 Å². The molecular formula is C16H19ClFN3O2. The van der Waals surface area contributed by atoms with Crippen molar-refractivity contribution in [2.45, 2.75) is 25.9 Å². The number of carbonyl (C=O) groups excluding carboxylic acids is 1. The zero-order valence-corrected chi connectivity index (χ0v) is 13.7. The maximum Gasteiger partial charge on any atom is 0.254 e. The molecule has 1 aromatic carbocycles. The number of nitrogens with zero attached hydrogens (tertiary/aromatic N) is 1. The van der Waals surface area contributed by atoms with Crippen LogP contribution in [0.1, 0.15) is 24.2 Å². The summed E-state index contributed by atoms with van der Waals surface area (Å²) in [6.45, 7) is 5.19. The van der Waals surface area contributed by atoms with Crippen LogP contribution in [0.15, 0.2) is 29.1 Å². The lowest BCUT2D eigenvalue weighted by Crippen LogP contribution is -2.55. The number of piperazine rings is 1. The van der Waals surface area contributed by atoms with E-state index in [1.807, 2.05) is 13.8 Å². The molecular weight excluding hydrogens is 321 g/mol. The third-order valence-electron chi connectivity index (χ3n) is 3.88. The quantitative estimate of drug-likeness (QED) is 0.834. The largest absolute Gasteiger partial charge is 0.336 e. The average molecular weight is 340 g/mol. The number of hydrogen-bond donors (Lipinski definition) is 2. The summed E-state index contributed by atoms with van der Waals surface area (Å²) in [6.07, 6.45) is 0. The number of halogens is 2. The number of aromatic nitrogens is 1. The van der Waals surface area contributed by atoms with E-state index >= 15 is 0 Å². The fourth-order valence-corrected chi connectivity index (χ4v) is 3.07. The van der Waals surface area contributed by atoms with Gasteiger partial charge in [-0.3, -0.25) is 9.59 Å². The maximum absolute atomic E-state index is 13.3. The van der Waals surface area contributed by atoms with Crippen molar-refractivity contribution >= 4 is 29.2 Å². The van der Waals surface area contributed by atoms with Gasteiger partial charge < -0.3 is 15.2 Å². The van der Waals surface area contributed by atoms with E-state index in [9.17, 15) is 14.0 Å². The summed E-state index contributed by atoms with van der Waals surface area (Å²) in [4.78, 5) is 28.9. The Morgan fingerprint density at radius 3 is 2.52 bits per heavy atom. The topological polar surface area (TPSA) is 65.2 Å². The maximum atomic E-state index is 13.3. The van der Waals surface area contributed by atoms with Crippen LogP contribution < -0.4 is 10.9 Å². The monoisotopic (exact) mass is 339 g/mol. The number of rotatable bonds is 1. The third-order valence-corrected chi connectivity index (χ3v) is 3.88. The molecule has 2 heterocycles. The van der Waals surface area contributed by atoms with E-state index in [0.717, 1.165) is 0 Å². The average Bonchev–Trinajstić information content (AvgIpc) is 2.44. The molecule has 124 valence electrons. The Morgan fingerprint density at radius 2 is 1.87 bits per heavy atom. The molecule has 1 aliphatic rings. The second-order valence-electron chi connectivity index (χ2n) is 5.92. The van der Waals surface area contributed by atoms with Crippen LogP contribution >= 0.6 is 12.4 Å². The standard InChI is InChI=1S/C16H18FN3O2.ClH/c1-9-7-20(8-10(2)18-9)16(22)13-6-15(21)19-14-5-11(17)3-4-12(13)14;/h3-6,9-10,18H,7-8H2,1-2H3,(H,19,21);1H. The molecule has 1 fully saturated rings. The fraction of sp³-hybridized carbons (Fsp3) is 0.375. The summed E-state index contributed by atoms with van der Waals surface area (Å²) in [7, 11) is 0. The molecule has 2 aromatic rings. The van der Waals surface area contributed by atoms with Crippen LogP contribution in [0.5, 0.6) is 0 Å². The Morgan fingerprint density at radius 1 is 1.22 bits per heavy atom. The van der Waals surface area contributed by atoms with Crippen molar-refractivity contribution in [1.29, 1.82) is 0 Å². The Balaban J connectivity index is 0.00000192. The van der Waals surface area contributed by atoms with Gasteiger partial charge in [-0.05, 0) is 32.0 Å². The first-order valence-corrected chi connectivity index (χ1v) is 7.32. The molecule has 0 radical (unpaired) electrons. The highest BCUT2D eigenvalue weighted by molar-refractivity contribution is 6.06. The van der Waals surface area contributed by atoms with Crippen molar-refractivity contribution < 1.29 is 9.18 Å². The number of amides is 1. The Bertz CT molecular complexity index is 782. The molecule has 5 nitrogen and oxygen atoms in total. The summed E-state index contributed by atoms with van der Waals surface area (Å²) in [5.74, 6) is -0.639. The second-order valence-corrected chi connectivity index (χ2v) is 5.92. The van der Waals surface area contributed by atoms with Gasteiger partial charge in [-0.2, -0.15) is 0 Å². The van der Waals surface area contributed by atoms with Gasteiger partial charge >= 0.3 is 0 Å². The molecule has 0 spiro atoms. The van der Waals surface area contributed by atoms with Crippen molar-refractivity contribution in [2.75, 3.05) is 13.1 Å². The van der Waals surface area contributed by atoms with Crippen molar-refractivity contribution in [3.8, 4) is 0 Å². The van der Waals surface area contributed by atoms with E-state index in [4.69, 9.17) is 0 Å². The molecule has 1 amide bonds. The lowest BCUT2D eigenvalue weighted by molar-refractivity contribution is 0.0675. The minimum Gasteiger partial charge on any atom is -0.336 e. The first kappa shape index (κ1) is 17.4. The van der Waals surface area contributed by atoms with E-state index in [0.29, 0.717) is 29.6 Å². The summed E-state index contributed by atoms with van der Waals surface area (Å²) in [5, 5.41) is 3.92. The fourth-order valence-electron chi connectivity index (χ4n) is 3.07. The van der Waals surface area contributed by atoms with Crippen molar-refractivity contribution in [1.82, 2.24) is 15.2 Å². The normalized spacial score (nSPS) is 21.1. The summed E-state index contributed by atoms with van der Waals surface area (Å²) >= 11 is 0. The highest BCUT2D eigenvalue weighted by atomic mass is 35.5. The minimum atomic E-state index is -0.447. The molecule has 0 saturated carbocycles. The van der Waals surface area contributed by atoms with E-state index in [1.165, 1.54) is 24.3 Å². The predicted molar refractivity (Wildman–Crippen MR) is 89.7 cm³/mol. The van der Waals surface area contributed by atoms with Gasteiger partial charge in [-0.25, -0.2) is 4.39 Å². The van der Waals surface area contributed by atoms with Gasteiger partial charge in [0.2, 0.25) is 5.56 Å². The Kier molecular flexibility index (Phi) is 5.06. The van der Waals surface area contributed by atoms with E-state index in [-0.39, 0.29) is 30.4 Å². The van der Waals surface area contributed by atoms with Crippen LogP contribution in [0.25, 0.3) is 10.9 Å². The molecule has 1 aromatic heterocycles. The lowest BCUT2D eigenvalue weighted by Gasteiger charge is -2.36. The Hall–Kier alpha value is -1.92. The molecule has 2 atom stereocenters. The van der Waals surface area contributed by atoms with E-state index in [1.54, 1.807) is 4.90 Å². The SMILES string of the molecule is CC1CN(C(=O)c2cc(=O)[nH]c3cc(F)ccc23)CC(C)N1.Cl. The van der Waals surface area contributed by atoms with E-state index < -0.39 is 11.4 Å². The molecule has 0 aliphatic carbocycles. The smallest absolute Gasteiger partial charge is 0.254 e. The highest BCUT2D eigenvalue weighted by Gasteiger charge is 2.26. The molecule has 2 N–H and O–H groups in total. The minimum absolute atomic E-state index is 0. The second kappa shape index (κ2) is 6.68. The van der Waals surface area contributed by atoms with Gasteiger partial charge in [-0.1, -0.05) is 0 Å². The summed E-state index contributed by atoms with van der Waals surface area (Å²) < 4.78 is 13.3. The zero-order chi connectivity index (χ0) is 15.9. The molecule has 23 heavy (non-hydrogen) atoms. The Labute approximate surface area is 139 Å². The molecule has 7 heteroatoms. The van der Waals surface area contributed by atoms with Crippen molar-refractivity contribution in [3.05, 3.63) is 46.0 Å². The first-order chi connectivity index (χ1) is 10.4. The van der Waals surface area contributed by atoms with E-state index in [2.05, 4.69) is 10.3 Å². The number of nitrogens with one attached hydrogen (secondary N) is 2. The van der Waals surface area contributed by atoms with Gasteiger partial charge in [0.25, 0.3) is 5.91 Å². The van der Waals surface area contributed by atoms with Crippen LogP contribution in [0, 0.1) is 5.82 Å². The zero-order valence-electron chi connectivity index (χ0n) is 12.9. The molecule has 3 rings (SSSR count). The molecule has 1 aliphatic heterocycles. The number of hydrogen-bond acceptors (Lipinski definition) is 3. The number of H-pyrrole nitrogens is 1. The number of pyridine rings is 1. The molecule has 2 unspecified atom stereocenters.